The molecular formula is C17H20N2O2. The molecule has 0 aliphatic carbocycles. The molecule has 4 heteroatoms. The van der Waals surface area contributed by atoms with Gasteiger partial charge in [-0.25, -0.2) is 0 Å². The van der Waals surface area contributed by atoms with Gasteiger partial charge in [-0.15, -0.1) is 0 Å². The summed E-state index contributed by atoms with van der Waals surface area (Å²) in [7, 11) is 0. The van der Waals surface area contributed by atoms with Crippen LogP contribution in [0.3, 0.4) is 0 Å². The van der Waals surface area contributed by atoms with E-state index in [1.165, 1.54) is 0 Å². The molecule has 0 radical (unpaired) electrons. The number of carbonyl (C=O) groups excluding carboxylic acids is 1. The Hall–Kier alpha value is -2.33. The minimum Gasteiger partial charge on any atom is -0.483 e. The molecule has 1 amide bonds. The summed E-state index contributed by atoms with van der Waals surface area (Å²) in [5, 5.41) is 2.80. The van der Waals surface area contributed by atoms with E-state index < -0.39 is 0 Å². The highest BCUT2D eigenvalue weighted by Gasteiger charge is 2.06. The summed E-state index contributed by atoms with van der Waals surface area (Å²) < 4.78 is 5.57. The minimum absolute atomic E-state index is 0.0167. The Balaban J connectivity index is 1.94. The molecule has 3 N–H and O–H groups in total. The highest BCUT2D eigenvalue weighted by atomic mass is 16.5. The predicted molar refractivity (Wildman–Crippen MR) is 84.4 cm³/mol. The Labute approximate surface area is 124 Å². The van der Waals surface area contributed by atoms with E-state index in [4.69, 9.17) is 10.5 Å². The Morgan fingerprint density at radius 2 is 2.00 bits per heavy atom. The third-order valence-electron chi connectivity index (χ3n) is 3.15. The van der Waals surface area contributed by atoms with Crippen molar-refractivity contribution in [1.29, 1.82) is 0 Å². The normalized spacial score (nSPS) is 10.2. The first-order valence-electron chi connectivity index (χ1n) is 6.87. The third-order valence-corrected chi connectivity index (χ3v) is 3.15. The lowest BCUT2D eigenvalue weighted by atomic mass is 10.1. The van der Waals surface area contributed by atoms with Crippen LogP contribution in [0.2, 0.25) is 0 Å². The van der Waals surface area contributed by atoms with Crippen molar-refractivity contribution >= 4 is 11.6 Å². The van der Waals surface area contributed by atoms with E-state index >= 15 is 0 Å². The average Bonchev–Trinajstić information content (AvgIpc) is 2.48. The van der Waals surface area contributed by atoms with Gasteiger partial charge in [-0.2, -0.15) is 0 Å². The lowest BCUT2D eigenvalue weighted by molar-refractivity contribution is -0.118. The average molecular weight is 284 g/mol. The molecule has 0 saturated carbocycles. The molecule has 2 aromatic rings. The number of aryl methyl sites for hydroxylation is 2. The monoisotopic (exact) mass is 284 g/mol. The van der Waals surface area contributed by atoms with Gasteiger partial charge in [0.25, 0.3) is 5.91 Å². The predicted octanol–water partition coefficient (Wildman–Crippen LogP) is 2.78. The van der Waals surface area contributed by atoms with Crippen LogP contribution < -0.4 is 15.8 Å². The Kier molecular flexibility index (Phi) is 4.95. The van der Waals surface area contributed by atoms with Gasteiger partial charge in [-0.05, 0) is 48.7 Å². The van der Waals surface area contributed by atoms with Crippen LogP contribution in [-0.4, -0.2) is 12.5 Å². The quantitative estimate of drug-likeness (QED) is 0.887. The van der Waals surface area contributed by atoms with Crippen molar-refractivity contribution in [3.05, 3.63) is 59.2 Å². The summed E-state index contributed by atoms with van der Waals surface area (Å²) in [6.07, 6.45) is 0. The highest BCUT2D eigenvalue weighted by molar-refractivity contribution is 5.91. The SMILES string of the molecule is Cc1ccc(C)c(OCC(=O)Nc2cccc(CN)c2)c1. The number of nitrogens with one attached hydrogen (secondary N) is 1. The number of amides is 1. The number of ether oxygens (including phenoxy) is 1. The molecule has 110 valence electrons. The third kappa shape index (κ3) is 4.33. The van der Waals surface area contributed by atoms with Gasteiger partial charge in [0.05, 0.1) is 0 Å². The second-order valence-corrected chi connectivity index (χ2v) is 5.01. The van der Waals surface area contributed by atoms with E-state index in [-0.39, 0.29) is 12.5 Å². The number of benzene rings is 2. The van der Waals surface area contributed by atoms with E-state index in [0.717, 1.165) is 28.1 Å². The van der Waals surface area contributed by atoms with Crippen LogP contribution >= 0.6 is 0 Å². The van der Waals surface area contributed by atoms with Crippen molar-refractivity contribution in [1.82, 2.24) is 0 Å². The molecule has 2 aromatic carbocycles. The largest absolute Gasteiger partial charge is 0.483 e. The first-order chi connectivity index (χ1) is 10.1. The molecule has 0 saturated heterocycles. The minimum atomic E-state index is -0.190. The summed E-state index contributed by atoms with van der Waals surface area (Å²) in [6.45, 7) is 4.38. The fourth-order valence-electron chi connectivity index (χ4n) is 1.98. The molecular weight excluding hydrogens is 264 g/mol. The number of carbonyl (C=O) groups is 1. The summed E-state index contributed by atoms with van der Waals surface area (Å²) in [5.74, 6) is 0.547. The maximum atomic E-state index is 11.9. The zero-order valence-corrected chi connectivity index (χ0v) is 12.3. The van der Waals surface area contributed by atoms with E-state index in [9.17, 15) is 4.79 Å². The molecule has 0 heterocycles. The molecule has 21 heavy (non-hydrogen) atoms. The summed E-state index contributed by atoms with van der Waals surface area (Å²) in [6, 6.07) is 13.4. The van der Waals surface area contributed by atoms with Crippen LogP contribution in [0, 0.1) is 13.8 Å². The molecule has 0 fully saturated rings. The van der Waals surface area contributed by atoms with Gasteiger partial charge < -0.3 is 15.8 Å². The zero-order valence-electron chi connectivity index (χ0n) is 12.3. The Morgan fingerprint density at radius 1 is 1.19 bits per heavy atom. The number of hydrogen-bond donors (Lipinski definition) is 2. The lowest BCUT2D eigenvalue weighted by Gasteiger charge is -2.10. The van der Waals surface area contributed by atoms with Crippen molar-refractivity contribution < 1.29 is 9.53 Å². The van der Waals surface area contributed by atoms with Crippen molar-refractivity contribution in [2.75, 3.05) is 11.9 Å². The lowest BCUT2D eigenvalue weighted by Crippen LogP contribution is -2.20. The van der Waals surface area contributed by atoms with Gasteiger partial charge in [0, 0.05) is 12.2 Å². The fourth-order valence-corrected chi connectivity index (χ4v) is 1.98. The molecule has 0 aliphatic heterocycles. The summed E-state index contributed by atoms with van der Waals surface area (Å²) in [4.78, 5) is 11.9. The van der Waals surface area contributed by atoms with E-state index in [1.807, 2.05) is 56.3 Å². The first-order valence-corrected chi connectivity index (χ1v) is 6.87. The standard InChI is InChI=1S/C17H20N2O2/c1-12-6-7-13(2)16(8-12)21-11-17(20)19-15-5-3-4-14(9-15)10-18/h3-9H,10-11,18H2,1-2H3,(H,19,20). The van der Waals surface area contributed by atoms with Crippen LogP contribution in [-0.2, 0) is 11.3 Å². The smallest absolute Gasteiger partial charge is 0.262 e. The molecule has 0 unspecified atom stereocenters. The van der Waals surface area contributed by atoms with Gasteiger partial charge in [0.2, 0.25) is 0 Å². The molecule has 0 aliphatic rings. The van der Waals surface area contributed by atoms with Crippen molar-refractivity contribution in [3.63, 3.8) is 0 Å². The molecule has 0 bridgehead atoms. The number of nitrogens with two attached hydrogens (primary N) is 1. The second kappa shape index (κ2) is 6.90. The Morgan fingerprint density at radius 3 is 2.76 bits per heavy atom. The number of anilines is 1. The van der Waals surface area contributed by atoms with Crippen LogP contribution in [0.5, 0.6) is 5.75 Å². The van der Waals surface area contributed by atoms with Gasteiger partial charge >= 0.3 is 0 Å². The van der Waals surface area contributed by atoms with Crippen molar-refractivity contribution in [2.24, 2.45) is 5.73 Å². The molecule has 2 rings (SSSR count). The van der Waals surface area contributed by atoms with Crippen molar-refractivity contribution in [3.8, 4) is 5.75 Å². The second-order valence-electron chi connectivity index (χ2n) is 5.01. The summed E-state index contributed by atoms with van der Waals surface area (Å²) in [5.41, 5.74) is 9.40. The van der Waals surface area contributed by atoms with E-state index in [2.05, 4.69) is 5.32 Å². The van der Waals surface area contributed by atoms with Crippen LogP contribution in [0.1, 0.15) is 16.7 Å². The molecule has 0 spiro atoms. The first kappa shape index (κ1) is 15.1. The molecule has 4 nitrogen and oxygen atoms in total. The van der Waals surface area contributed by atoms with E-state index in [0.29, 0.717) is 6.54 Å². The van der Waals surface area contributed by atoms with Crippen molar-refractivity contribution in [2.45, 2.75) is 20.4 Å². The molecule has 0 atom stereocenters. The maximum Gasteiger partial charge on any atom is 0.262 e. The maximum absolute atomic E-state index is 11.9. The fraction of sp³-hybridized carbons (Fsp3) is 0.235. The van der Waals surface area contributed by atoms with Gasteiger partial charge in [-0.3, -0.25) is 4.79 Å². The summed E-state index contributed by atoms with van der Waals surface area (Å²) >= 11 is 0. The molecule has 0 aromatic heterocycles. The van der Waals surface area contributed by atoms with Gasteiger partial charge in [-0.1, -0.05) is 24.3 Å². The van der Waals surface area contributed by atoms with Gasteiger partial charge in [0.1, 0.15) is 5.75 Å². The van der Waals surface area contributed by atoms with Crippen LogP contribution in [0.25, 0.3) is 0 Å². The topological polar surface area (TPSA) is 64.3 Å². The Bertz CT molecular complexity index is 638. The number of rotatable bonds is 5. The van der Waals surface area contributed by atoms with Crippen LogP contribution in [0.4, 0.5) is 5.69 Å². The van der Waals surface area contributed by atoms with E-state index in [1.54, 1.807) is 0 Å². The van der Waals surface area contributed by atoms with Gasteiger partial charge in [0.15, 0.2) is 6.61 Å². The highest BCUT2D eigenvalue weighted by Crippen LogP contribution is 2.19. The van der Waals surface area contributed by atoms with Crippen LogP contribution in [0.15, 0.2) is 42.5 Å². The number of hydrogen-bond acceptors (Lipinski definition) is 3. The zero-order chi connectivity index (χ0) is 15.2.